The third kappa shape index (κ3) is 3.09. The first-order valence-corrected chi connectivity index (χ1v) is 5.58. The first kappa shape index (κ1) is 13.1. The van der Waals surface area contributed by atoms with Gasteiger partial charge in [0.1, 0.15) is 11.6 Å². The molecule has 4 nitrogen and oxygen atoms in total. The minimum Gasteiger partial charge on any atom is -0.481 e. The van der Waals surface area contributed by atoms with Gasteiger partial charge in [0.25, 0.3) is 0 Å². The van der Waals surface area contributed by atoms with Gasteiger partial charge in [0.05, 0.1) is 12.8 Å². The van der Waals surface area contributed by atoms with Crippen LogP contribution in [0.3, 0.4) is 0 Å². The lowest BCUT2D eigenvalue weighted by Gasteiger charge is -2.10. The average molecular weight is 265 g/mol. The van der Waals surface area contributed by atoms with Crippen molar-refractivity contribution in [3.05, 3.63) is 47.5 Å². The van der Waals surface area contributed by atoms with Gasteiger partial charge in [-0.25, -0.2) is 8.78 Å². The van der Waals surface area contributed by atoms with Crippen LogP contribution in [0.2, 0.25) is 0 Å². The van der Waals surface area contributed by atoms with Crippen LogP contribution in [0.1, 0.15) is 5.56 Å². The fourth-order valence-corrected chi connectivity index (χ4v) is 1.57. The van der Waals surface area contributed by atoms with E-state index in [2.05, 4.69) is 10.3 Å². The Hall–Kier alpha value is -2.37. The van der Waals surface area contributed by atoms with Crippen molar-refractivity contribution in [1.82, 2.24) is 4.98 Å². The van der Waals surface area contributed by atoms with Crippen LogP contribution in [0.5, 0.6) is 5.88 Å². The number of nitrogens with one attached hydrogen (secondary N) is 1. The number of nitrogens with two attached hydrogens (primary N) is 1. The largest absolute Gasteiger partial charge is 0.481 e. The zero-order valence-corrected chi connectivity index (χ0v) is 10.3. The highest BCUT2D eigenvalue weighted by molar-refractivity contribution is 5.62. The van der Waals surface area contributed by atoms with Crippen LogP contribution < -0.4 is 15.8 Å². The standard InChI is InChI=1S/C13H13F2N3O/c1-19-12-5-4-11(16)13(18-12)17-7-8-6-9(14)2-3-10(8)15/h2-6H,7,16H2,1H3,(H,17,18). The molecule has 0 aliphatic carbocycles. The van der Waals surface area contributed by atoms with Crippen LogP contribution in [0.25, 0.3) is 0 Å². The summed E-state index contributed by atoms with van der Waals surface area (Å²) in [6.45, 7) is 0.0773. The molecule has 0 saturated carbocycles. The van der Waals surface area contributed by atoms with E-state index in [0.717, 1.165) is 18.2 Å². The average Bonchev–Trinajstić information content (AvgIpc) is 2.41. The molecule has 0 fully saturated rings. The smallest absolute Gasteiger partial charge is 0.215 e. The van der Waals surface area contributed by atoms with Crippen molar-refractivity contribution in [1.29, 1.82) is 0 Å². The molecule has 0 bridgehead atoms. The maximum absolute atomic E-state index is 13.4. The Morgan fingerprint density at radius 3 is 2.79 bits per heavy atom. The van der Waals surface area contributed by atoms with Crippen LogP contribution in [-0.2, 0) is 6.54 Å². The number of aromatic nitrogens is 1. The molecular formula is C13H13F2N3O. The monoisotopic (exact) mass is 265 g/mol. The van der Waals surface area contributed by atoms with Gasteiger partial charge in [0, 0.05) is 18.2 Å². The van der Waals surface area contributed by atoms with E-state index in [-0.39, 0.29) is 12.1 Å². The number of benzene rings is 1. The van der Waals surface area contributed by atoms with E-state index in [4.69, 9.17) is 10.5 Å². The van der Waals surface area contributed by atoms with E-state index in [1.807, 2.05) is 0 Å². The molecule has 0 aliphatic heterocycles. The van der Waals surface area contributed by atoms with Crippen molar-refractivity contribution in [3.8, 4) is 5.88 Å². The van der Waals surface area contributed by atoms with E-state index in [1.165, 1.54) is 7.11 Å². The predicted octanol–water partition coefficient (Wildman–Crippen LogP) is 2.56. The zero-order chi connectivity index (χ0) is 13.8. The molecule has 1 aromatic heterocycles. The Morgan fingerprint density at radius 2 is 2.05 bits per heavy atom. The molecule has 1 aromatic carbocycles. The molecule has 0 aliphatic rings. The molecule has 0 saturated heterocycles. The molecule has 0 spiro atoms. The summed E-state index contributed by atoms with van der Waals surface area (Å²) in [5.74, 6) is -0.237. The maximum atomic E-state index is 13.4. The van der Waals surface area contributed by atoms with Crippen molar-refractivity contribution in [2.24, 2.45) is 0 Å². The topological polar surface area (TPSA) is 60.2 Å². The Labute approximate surface area is 109 Å². The Bertz CT molecular complexity index is 590. The first-order valence-electron chi connectivity index (χ1n) is 5.58. The number of pyridine rings is 1. The first-order chi connectivity index (χ1) is 9.10. The van der Waals surface area contributed by atoms with Gasteiger partial charge in [-0.2, -0.15) is 4.98 Å². The molecule has 0 unspecified atom stereocenters. The van der Waals surface area contributed by atoms with E-state index in [1.54, 1.807) is 12.1 Å². The molecule has 0 atom stereocenters. The molecule has 1 heterocycles. The van der Waals surface area contributed by atoms with Crippen molar-refractivity contribution in [2.75, 3.05) is 18.2 Å². The highest BCUT2D eigenvalue weighted by Gasteiger charge is 2.07. The second kappa shape index (κ2) is 5.51. The van der Waals surface area contributed by atoms with E-state index >= 15 is 0 Å². The lowest BCUT2D eigenvalue weighted by atomic mass is 10.2. The number of halogens is 2. The van der Waals surface area contributed by atoms with E-state index in [0.29, 0.717) is 17.4 Å². The molecule has 3 N–H and O–H groups in total. The van der Waals surface area contributed by atoms with E-state index < -0.39 is 11.6 Å². The fourth-order valence-electron chi connectivity index (χ4n) is 1.57. The van der Waals surface area contributed by atoms with Crippen molar-refractivity contribution >= 4 is 11.5 Å². The highest BCUT2D eigenvalue weighted by atomic mass is 19.1. The van der Waals surface area contributed by atoms with Crippen molar-refractivity contribution < 1.29 is 13.5 Å². The number of anilines is 2. The van der Waals surface area contributed by atoms with Gasteiger partial charge in [-0.15, -0.1) is 0 Å². The number of hydrogen-bond donors (Lipinski definition) is 2. The molecule has 2 aromatic rings. The Morgan fingerprint density at radius 1 is 1.26 bits per heavy atom. The minimum absolute atomic E-state index is 0.0773. The van der Waals surface area contributed by atoms with Crippen LogP contribution in [0.15, 0.2) is 30.3 Å². The van der Waals surface area contributed by atoms with Crippen molar-refractivity contribution in [2.45, 2.75) is 6.54 Å². The molecule has 19 heavy (non-hydrogen) atoms. The minimum atomic E-state index is -0.496. The Balaban J connectivity index is 2.16. The normalized spacial score (nSPS) is 10.3. The molecular weight excluding hydrogens is 252 g/mol. The van der Waals surface area contributed by atoms with Gasteiger partial charge in [0.2, 0.25) is 5.88 Å². The second-order valence-corrected chi connectivity index (χ2v) is 3.88. The number of ether oxygens (including phenoxy) is 1. The summed E-state index contributed by atoms with van der Waals surface area (Å²) in [7, 11) is 1.48. The SMILES string of the molecule is COc1ccc(N)c(NCc2cc(F)ccc2F)n1. The van der Waals surface area contributed by atoms with Gasteiger partial charge in [-0.1, -0.05) is 0 Å². The summed E-state index contributed by atoms with van der Waals surface area (Å²) in [6, 6.07) is 6.50. The third-order valence-corrected chi connectivity index (χ3v) is 2.56. The van der Waals surface area contributed by atoms with Crippen molar-refractivity contribution in [3.63, 3.8) is 0 Å². The number of methoxy groups -OCH3 is 1. The summed E-state index contributed by atoms with van der Waals surface area (Å²) in [5.41, 5.74) is 6.33. The fraction of sp³-hybridized carbons (Fsp3) is 0.154. The lowest BCUT2D eigenvalue weighted by molar-refractivity contribution is 0.398. The summed E-state index contributed by atoms with van der Waals surface area (Å²) >= 11 is 0. The lowest BCUT2D eigenvalue weighted by Crippen LogP contribution is -2.07. The summed E-state index contributed by atoms with van der Waals surface area (Å²) in [6.07, 6.45) is 0. The number of rotatable bonds is 4. The molecule has 0 amide bonds. The molecule has 6 heteroatoms. The van der Waals surface area contributed by atoms with Gasteiger partial charge < -0.3 is 15.8 Å². The highest BCUT2D eigenvalue weighted by Crippen LogP contribution is 2.20. The number of hydrogen-bond acceptors (Lipinski definition) is 4. The van der Waals surface area contributed by atoms with Crippen LogP contribution >= 0.6 is 0 Å². The molecule has 100 valence electrons. The third-order valence-electron chi connectivity index (χ3n) is 2.56. The summed E-state index contributed by atoms with van der Waals surface area (Å²) in [5, 5.41) is 2.85. The zero-order valence-electron chi connectivity index (χ0n) is 10.3. The van der Waals surface area contributed by atoms with Gasteiger partial charge in [0.15, 0.2) is 5.82 Å². The summed E-state index contributed by atoms with van der Waals surface area (Å²) < 4.78 is 31.4. The number of nitrogens with zero attached hydrogens (tertiary/aromatic N) is 1. The second-order valence-electron chi connectivity index (χ2n) is 3.88. The summed E-state index contributed by atoms with van der Waals surface area (Å²) in [4.78, 5) is 4.08. The van der Waals surface area contributed by atoms with Crippen LogP contribution in [-0.4, -0.2) is 12.1 Å². The predicted molar refractivity (Wildman–Crippen MR) is 68.9 cm³/mol. The maximum Gasteiger partial charge on any atom is 0.215 e. The molecule has 2 rings (SSSR count). The van der Waals surface area contributed by atoms with E-state index in [9.17, 15) is 8.78 Å². The van der Waals surface area contributed by atoms with Crippen LogP contribution in [0, 0.1) is 11.6 Å². The molecule has 0 radical (unpaired) electrons. The van der Waals surface area contributed by atoms with Gasteiger partial charge >= 0.3 is 0 Å². The van der Waals surface area contributed by atoms with Gasteiger partial charge in [-0.3, -0.25) is 0 Å². The van der Waals surface area contributed by atoms with Crippen LogP contribution in [0.4, 0.5) is 20.3 Å². The van der Waals surface area contributed by atoms with Gasteiger partial charge in [-0.05, 0) is 24.3 Å². The number of nitrogen functional groups attached to an aromatic ring is 1. The quantitative estimate of drug-likeness (QED) is 0.892. The Kier molecular flexibility index (Phi) is 3.79.